The lowest BCUT2D eigenvalue weighted by atomic mass is 9.82. The molecule has 0 radical (unpaired) electrons. The minimum Gasteiger partial charge on any atom is -0.497 e. The van der Waals surface area contributed by atoms with Crippen LogP contribution in [0.1, 0.15) is 46.0 Å². The van der Waals surface area contributed by atoms with Crippen LogP contribution in [-0.4, -0.2) is 69.2 Å². The number of fused-ring (bicyclic) bond motifs is 2. The largest absolute Gasteiger partial charge is 0.497 e. The van der Waals surface area contributed by atoms with Gasteiger partial charge in [0.25, 0.3) is 5.91 Å². The molecule has 5 aromatic carbocycles. The fourth-order valence-corrected chi connectivity index (χ4v) is 13.2. The number of Topliss-reactive ketones (excluding diaryl/α,β-unsaturated/α-hetero) is 1. The lowest BCUT2D eigenvalue weighted by molar-refractivity contribution is -0.150. The first-order chi connectivity index (χ1) is 28.0. The number of ether oxygens (including phenoxy) is 3. The number of methoxy groups -OCH3 is 2. The van der Waals surface area contributed by atoms with Crippen LogP contribution in [0.2, 0.25) is 18.6 Å². The van der Waals surface area contributed by atoms with Gasteiger partial charge >= 0.3 is 0 Å². The van der Waals surface area contributed by atoms with Crippen molar-refractivity contribution in [2.24, 2.45) is 5.92 Å². The Labute approximate surface area is 342 Å². The summed E-state index contributed by atoms with van der Waals surface area (Å²) in [5, 5.41) is 11.2. The van der Waals surface area contributed by atoms with E-state index >= 15 is 4.79 Å². The van der Waals surface area contributed by atoms with Crippen LogP contribution in [0.4, 0.5) is 5.69 Å². The average Bonchev–Trinajstić information content (AvgIpc) is 3.67. The highest BCUT2D eigenvalue weighted by Gasteiger charge is 2.66. The molecule has 1 saturated heterocycles. The van der Waals surface area contributed by atoms with Crippen molar-refractivity contribution in [3.8, 4) is 11.5 Å². The Hall–Kier alpha value is -5.55. The summed E-state index contributed by atoms with van der Waals surface area (Å²) in [6.45, 7) is 7.38. The van der Waals surface area contributed by atoms with E-state index in [1.807, 2.05) is 95.9 Å². The molecule has 2 aliphatic heterocycles. The van der Waals surface area contributed by atoms with Crippen molar-refractivity contribution < 1.29 is 33.7 Å². The standard InChI is InChI=1S/C48H52N2O7Si/c1-33-46(58(4,5)40-24-22-39(56-3)23-25-40)44(30-45(53)49(26-27-51)31-34-12-7-6-8-13-34)57-48(33)41-16-9-10-17-42(41)50(47(48)54)32-36-15-11-14-35(28-36)29-43(52)37-18-20-38(55-2)21-19-37/h6-25,28,33,44,46,51H,26-27,29-32H2,1-5H3/t33-,44+,46-,48+/m1/s1. The topological polar surface area (TPSA) is 106 Å². The molecule has 10 heteroatoms. The molecule has 1 fully saturated rings. The number of aliphatic hydroxyl groups excluding tert-OH is 1. The van der Waals surface area contributed by atoms with E-state index in [-0.39, 0.29) is 61.6 Å². The summed E-state index contributed by atoms with van der Waals surface area (Å²) in [6.07, 6.45) is -0.294. The highest BCUT2D eigenvalue weighted by Crippen LogP contribution is 2.60. The molecule has 1 N–H and O–H groups in total. The first-order valence-corrected chi connectivity index (χ1v) is 23.0. The second kappa shape index (κ2) is 17.1. The van der Waals surface area contributed by atoms with Gasteiger partial charge < -0.3 is 29.1 Å². The van der Waals surface area contributed by atoms with Gasteiger partial charge in [-0.3, -0.25) is 14.4 Å². The van der Waals surface area contributed by atoms with E-state index in [2.05, 4.69) is 32.2 Å². The molecule has 1 spiro atoms. The van der Waals surface area contributed by atoms with Gasteiger partial charge in [0, 0.05) is 36.6 Å². The smallest absolute Gasteiger partial charge is 0.264 e. The van der Waals surface area contributed by atoms with Crippen molar-refractivity contribution in [1.29, 1.82) is 0 Å². The van der Waals surface area contributed by atoms with Crippen molar-refractivity contribution in [2.75, 3.05) is 32.3 Å². The monoisotopic (exact) mass is 796 g/mol. The van der Waals surface area contributed by atoms with Crippen LogP contribution in [-0.2, 0) is 39.4 Å². The number of aliphatic hydroxyl groups is 1. The van der Waals surface area contributed by atoms with Crippen molar-refractivity contribution in [1.82, 2.24) is 4.90 Å². The summed E-state index contributed by atoms with van der Waals surface area (Å²) < 4.78 is 18.0. The number of nitrogens with zero attached hydrogens (tertiary/aromatic N) is 2. The van der Waals surface area contributed by atoms with Gasteiger partial charge in [-0.2, -0.15) is 0 Å². The van der Waals surface area contributed by atoms with Crippen molar-refractivity contribution in [3.63, 3.8) is 0 Å². The molecule has 0 unspecified atom stereocenters. The predicted molar refractivity (Wildman–Crippen MR) is 228 cm³/mol. The van der Waals surface area contributed by atoms with E-state index in [0.717, 1.165) is 33.7 Å². The van der Waals surface area contributed by atoms with Crippen LogP contribution in [0, 0.1) is 5.92 Å². The number of hydrogen-bond acceptors (Lipinski definition) is 7. The summed E-state index contributed by atoms with van der Waals surface area (Å²) >= 11 is 0. The minimum absolute atomic E-state index is 0.00822. The Morgan fingerprint density at radius 1 is 0.810 bits per heavy atom. The molecule has 2 amide bonds. The highest BCUT2D eigenvalue weighted by atomic mass is 28.3. The number of hydrogen-bond donors (Lipinski definition) is 1. The molecule has 0 saturated carbocycles. The molecule has 0 aliphatic carbocycles. The zero-order chi connectivity index (χ0) is 41.0. The van der Waals surface area contributed by atoms with Crippen LogP contribution in [0.15, 0.2) is 127 Å². The maximum Gasteiger partial charge on any atom is 0.264 e. The highest BCUT2D eigenvalue weighted by molar-refractivity contribution is 6.91. The zero-order valence-electron chi connectivity index (χ0n) is 33.9. The predicted octanol–water partition coefficient (Wildman–Crippen LogP) is 7.30. The van der Waals surface area contributed by atoms with E-state index in [1.165, 1.54) is 5.19 Å². The van der Waals surface area contributed by atoms with E-state index in [9.17, 15) is 14.7 Å². The second-order valence-corrected chi connectivity index (χ2v) is 20.6. The van der Waals surface area contributed by atoms with Gasteiger partial charge in [-0.15, -0.1) is 0 Å². The van der Waals surface area contributed by atoms with Crippen LogP contribution in [0.3, 0.4) is 0 Å². The first-order valence-electron chi connectivity index (χ1n) is 19.9. The van der Waals surface area contributed by atoms with Gasteiger partial charge in [0.2, 0.25) is 5.91 Å². The van der Waals surface area contributed by atoms with Gasteiger partial charge in [-0.25, -0.2) is 0 Å². The van der Waals surface area contributed by atoms with Gasteiger partial charge in [-0.1, -0.05) is 110 Å². The second-order valence-electron chi connectivity index (χ2n) is 15.9. The molecule has 7 rings (SSSR count). The Morgan fingerprint density at radius 2 is 1.43 bits per heavy atom. The van der Waals surface area contributed by atoms with Crippen LogP contribution < -0.4 is 19.6 Å². The molecular formula is C48H52N2O7Si. The molecule has 4 atom stereocenters. The Bertz CT molecular complexity index is 2250. The lowest BCUT2D eigenvalue weighted by Crippen LogP contribution is -2.52. The number of anilines is 1. The maximum atomic E-state index is 15.3. The van der Waals surface area contributed by atoms with Crippen LogP contribution in [0.25, 0.3) is 0 Å². The van der Waals surface area contributed by atoms with Crippen LogP contribution >= 0.6 is 0 Å². The molecule has 9 nitrogen and oxygen atoms in total. The molecule has 0 bridgehead atoms. The van der Waals surface area contributed by atoms with Crippen molar-refractivity contribution in [3.05, 3.63) is 155 Å². The fourth-order valence-electron chi connectivity index (χ4n) is 9.23. The Kier molecular flexibility index (Phi) is 12.0. The number of carbonyl (C=O) groups excluding carboxylic acids is 3. The third-order valence-electron chi connectivity index (χ3n) is 12.2. The molecule has 2 aliphatic rings. The van der Waals surface area contributed by atoms with Gasteiger partial charge in [0.1, 0.15) is 11.5 Å². The zero-order valence-corrected chi connectivity index (χ0v) is 34.9. The summed E-state index contributed by atoms with van der Waals surface area (Å²) in [5.74, 6) is 0.866. The van der Waals surface area contributed by atoms with Crippen molar-refractivity contribution >= 4 is 36.5 Å². The van der Waals surface area contributed by atoms with Crippen molar-refractivity contribution in [2.45, 2.75) is 63.2 Å². The number of benzene rings is 5. The molecule has 2 heterocycles. The average molecular weight is 797 g/mol. The van der Waals surface area contributed by atoms with E-state index in [0.29, 0.717) is 17.9 Å². The maximum absolute atomic E-state index is 15.3. The normalized spacial score (nSPS) is 19.9. The quantitative estimate of drug-likeness (QED) is 0.0876. The number of carbonyl (C=O) groups is 3. The number of ketones is 1. The summed E-state index contributed by atoms with van der Waals surface area (Å²) in [6, 6.07) is 40.7. The van der Waals surface area contributed by atoms with Gasteiger partial charge in [0.15, 0.2) is 11.4 Å². The Morgan fingerprint density at radius 3 is 2.10 bits per heavy atom. The molecular weight excluding hydrogens is 745 g/mol. The molecule has 58 heavy (non-hydrogen) atoms. The molecule has 0 aromatic heterocycles. The first kappa shape index (κ1) is 40.6. The summed E-state index contributed by atoms with van der Waals surface area (Å²) in [5.41, 5.74) is 3.43. The minimum atomic E-state index is -2.51. The summed E-state index contributed by atoms with van der Waals surface area (Å²) in [4.78, 5) is 46.4. The number of amides is 2. The molecule has 300 valence electrons. The third-order valence-corrected chi connectivity index (χ3v) is 16.5. The summed E-state index contributed by atoms with van der Waals surface area (Å²) in [7, 11) is 0.734. The van der Waals surface area contributed by atoms with Gasteiger partial charge in [0.05, 0.1) is 53.7 Å². The number of para-hydroxylation sites is 1. The fraction of sp³-hybridized carbons (Fsp3) is 0.312. The Balaban J connectivity index is 1.22. The molecule has 5 aromatic rings. The number of rotatable bonds is 15. The lowest BCUT2D eigenvalue weighted by Gasteiger charge is -2.37. The van der Waals surface area contributed by atoms with Crippen LogP contribution in [0.5, 0.6) is 11.5 Å². The van der Waals surface area contributed by atoms with Gasteiger partial charge in [-0.05, 0) is 64.7 Å². The van der Waals surface area contributed by atoms with E-state index in [1.54, 1.807) is 43.4 Å². The SMILES string of the molecule is COc1ccc(C(=O)Cc2cccc(CN3C(=O)[C@@]4(O[C@@H](CC(=O)N(CCO)Cc5ccccc5)[C@H]([Si](C)(C)c5ccc(OC)cc5)[C@H]4C)c4ccccc43)c2)cc1. The van der Waals surface area contributed by atoms with E-state index < -0.39 is 19.8 Å². The van der Waals surface area contributed by atoms with E-state index in [4.69, 9.17) is 14.2 Å². The third kappa shape index (κ3) is 7.84.